The van der Waals surface area contributed by atoms with E-state index >= 15 is 0 Å². The van der Waals surface area contributed by atoms with Crippen molar-refractivity contribution in [3.8, 4) is 22.5 Å². The second kappa shape index (κ2) is 10.9. The highest BCUT2D eigenvalue weighted by Gasteiger charge is 2.45. The molecule has 0 unspecified atom stereocenters. The van der Waals surface area contributed by atoms with Crippen molar-refractivity contribution in [2.24, 2.45) is 0 Å². The second-order valence-electron chi connectivity index (χ2n) is 11.7. The van der Waals surface area contributed by atoms with Gasteiger partial charge in [0.2, 0.25) is 0 Å². The lowest BCUT2D eigenvalue weighted by molar-refractivity contribution is -0.192. The quantitative estimate of drug-likeness (QED) is 0.253. The highest BCUT2D eigenvalue weighted by atomic mass is 16.7. The van der Waals surface area contributed by atoms with E-state index in [9.17, 15) is 4.79 Å². The Labute approximate surface area is 244 Å². The predicted octanol–water partition coefficient (Wildman–Crippen LogP) is 5.28. The molecule has 0 N–H and O–H groups in total. The van der Waals surface area contributed by atoms with Crippen LogP contribution in [0.3, 0.4) is 0 Å². The van der Waals surface area contributed by atoms with Gasteiger partial charge in [-0.3, -0.25) is 24.5 Å². The van der Waals surface area contributed by atoms with Gasteiger partial charge in [-0.2, -0.15) is 10.3 Å². The van der Waals surface area contributed by atoms with E-state index in [2.05, 4.69) is 69.9 Å². The number of unbranched alkanes of at least 4 members (excludes halogenated alkanes) is 1. The third-order valence-electron chi connectivity index (χ3n) is 8.76. The summed E-state index contributed by atoms with van der Waals surface area (Å²) in [5, 5.41) is 18.1. The molecule has 3 aromatic carbocycles. The summed E-state index contributed by atoms with van der Waals surface area (Å²) in [6, 6.07) is 22.8. The Balaban J connectivity index is 1.23. The third-order valence-corrected chi connectivity index (χ3v) is 8.76. The summed E-state index contributed by atoms with van der Waals surface area (Å²) < 4.78 is 1.86. The monoisotopic (exact) mass is 560 g/mol. The number of fused-ring (bicyclic) bond motifs is 2. The first-order valence-electron chi connectivity index (χ1n) is 14.9. The maximum atomic E-state index is 14.1. The number of tetrazole rings is 1. The molecule has 0 aliphatic carbocycles. The van der Waals surface area contributed by atoms with Crippen molar-refractivity contribution in [2.75, 3.05) is 6.54 Å². The highest BCUT2D eigenvalue weighted by molar-refractivity contribution is 5.80. The normalized spacial score (nSPS) is 20.4. The number of aromatic nitrogens is 6. The van der Waals surface area contributed by atoms with Crippen LogP contribution < -0.4 is 10.7 Å². The summed E-state index contributed by atoms with van der Waals surface area (Å²) >= 11 is 0. The molecule has 4 heterocycles. The minimum absolute atomic E-state index is 0.00201. The highest BCUT2D eigenvalue weighted by Crippen LogP contribution is 2.43. The Kier molecular flexibility index (Phi) is 6.91. The third kappa shape index (κ3) is 4.82. The zero-order valence-electron chi connectivity index (χ0n) is 24.0. The van der Waals surface area contributed by atoms with Gasteiger partial charge in [-0.25, -0.2) is 4.98 Å². The van der Waals surface area contributed by atoms with Crippen LogP contribution in [0.15, 0.2) is 71.5 Å². The van der Waals surface area contributed by atoms with E-state index in [4.69, 9.17) is 9.82 Å². The molecule has 2 aliphatic rings. The van der Waals surface area contributed by atoms with Crippen LogP contribution >= 0.6 is 0 Å². The summed E-state index contributed by atoms with van der Waals surface area (Å²) in [7, 11) is 0. The van der Waals surface area contributed by atoms with E-state index < -0.39 is 5.60 Å². The Morgan fingerprint density at radius 1 is 1.07 bits per heavy atom. The lowest BCUT2D eigenvalue weighted by Crippen LogP contribution is -2.28. The van der Waals surface area contributed by atoms with Crippen molar-refractivity contribution in [1.82, 2.24) is 35.2 Å². The fourth-order valence-electron chi connectivity index (χ4n) is 6.49. The van der Waals surface area contributed by atoms with Crippen LogP contribution in [0.5, 0.6) is 0 Å². The molecule has 0 bridgehead atoms. The van der Waals surface area contributed by atoms with Gasteiger partial charge in [0, 0.05) is 31.3 Å². The smallest absolute Gasteiger partial charge is 0.261 e. The molecular formula is C33H34N7O2-. The Bertz CT molecular complexity index is 1770. The van der Waals surface area contributed by atoms with Gasteiger partial charge >= 0.3 is 0 Å². The standard InChI is InChI=1S/C33H34N7O2/c1-3-4-11-30-34-29-17-16-24(33(2)20-25-8-7-18-40(25)42-33)19-28(29)32(41)39(30)21-22-12-14-23(15-13-22)26-9-5-6-10-27(26)31-35-37-38-36-31/h5-6,9-10,12-17,19,25H,3-4,7-8,11,18,20-21H2,1-2H3/q-1/t25-,33+/m0/s1. The van der Waals surface area contributed by atoms with E-state index in [1.54, 1.807) is 0 Å². The Morgan fingerprint density at radius 3 is 2.67 bits per heavy atom. The van der Waals surface area contributed by atoms with Crippen LogP contribution in [-0.2, 0) is 23.4 Å². The summed E-state index contributed by atoms with van der Waals surface area (Å²) in [6.07, 6.45) is 6.05. The van der Waals surface area contributed by atoms with Crippen molar-refractivity contribution in [3.05, 3.63) is 94.0 Å². The fourth-order valence-corrected chi connectivity index (χ4v) is 6.49. The van der Waals surface area contributed by atoms with Gasteiger partial charge in [-0.1, -0.05) is 67.9 Å². The molecule has 2 fully saturated rings. The molecule has 9 heteroatoms. The molecule has 0 amide bonds. The molecular weight excluding hydrogens is 526 g/mol. The van der Waals surface area contributed by atoms with Crippen LogP contribution in [0.2, 0.25) is 0 Å². The number of nitrogens with zero attached hydrogens (tertiary/aromatic N) is 7. The van der Waals surface area contributed by atoms with E-state index in [0.717, 1.165) is 71.4 Å². The summed E-state index contributed by atoms with van der Waals surface area (Å²) in [6.45, 7) is 5.73. The Hall–Kier alpha value is -4.21. The molecule has 0 saturated carbocycles. The summed E-state index contributed by atoms with van der Waals surface area (Å²) in [5.74, 6) is 1.33. The lowest BCUT2D eigenvalue weighted by atomic mass is 9.89. The largest absolute Gasteiger partial charge is 0.330 e. The zero-order valence-corrected chi connectivity index (χ0v) is 24.0. The number of hydrogen-bond donors (Lipinski definition) is 0. The van der Waals surface area contributed by atoms with Crippen molar-refractivity contribution in [2.45, 2.75) is 70.6 Å². The van der Waals surface area contributed by atoms with Crippen LogP contribution in [0, 0.1) is 0 Å². The zero-order chi connectivity index (χ0) is 28.7. The molecule has 2 atom stereocenters. The molecule has 2 aliphatic heterocycles. The summed E-state index contributed by atoms with van der Waals surface area (Å²) in [4.78, 5) is 25.5. The molecule has 7 rings (SSSR count). The molecule has 214 valence electrons. The van der Waals surface area contributed by atoms with E-state index in [1.807, 2.05) is 41.0 Å². The first-order chi connectivity index (χ1) is 20.5. The van der Waals surface area contributed by atoms with E-state index in [1.165, 1.54) is 12.8 Å². The minimum atomic E-state index is -0.427. The van der Waals surface area contributed by atoms with Gasteiger partial charge in [0.05, 0.1) is 17.4 Å². The van der Waals surface area contributed by atoms with Crippen molar-refractivity contribution in [1.29, 1.82) is 0 Å². The molecule has 2 saturated heterocycles. The van der Waals surface area contributed by atoms with E-state index in [-0.39, 0.29) is 5.56 Å². The number of hydrogen-bond acceptors (Lipinski definition) is 7. The van der Waals surface area contributed by atoms with Crippen molar-refractivity contribution in [3.63, 3.8) is 0 Å². The predicted molar refractivity (Wildman–Crippen MR) is 161 cm³/mol. The average molecular weight is 561 g/mol. The molecule has 5 aromatic rings. The number of hydroxylamine groups is 2. The van der Waals surface area contributed by atoms with Gasteiger partial charge in [0.1, 0.15) is 11.4 Å². The first kappa shape index (κ1) is 26.7. The van der Waals surface area contributed by atoms with Gasteiger partial charge in [0.25, 0.3) is 5.56 Å². The Morgan fingerprint density at radius 2 is 1.90 bits per heavy atom. The van der Waals surface area contributed by atoms with E-state index in [0.29, 0.717) is 23.8 Å². The fraction of sp³-hybridized carbons (Fsp3) is 0.364. The maximum absolute atomic E-state index is 14.1. The summed E-state index contributed by atoms with van der Waals surface area (Å²) in [5.41, 5.74) is 5.31. The van der Waals surface area contributed by atoms with Gasteiger partial charge in [-0.05, 0) is 66.1 Å². The van der Waals surface area contributed by atoms with Gasteiger partial charge < -0.3 is 5.10 Å². The maximum Gasteiger partial charge on any atom is 0.261 e. The molecule has 9 nitrogen and oxygen atoms in total. The number of rotatable bonds is 8. The average Bonchev–Trinajstić information content (AvgIpc) is 3.76. The first-order valence-corrected chi connectivity index (χ1v) is 14.9. The van der Waals surface area contributed by atoms with Crippen LogP contribution in [0.4, 0.5) is 0 Å². The second-order valence-corrected chi connectivity index (χ2v) is 11.7. The lowest BCUT2D eigenvalue weighted by Gasteiger charge is -2.25. The topological polar surface area (TPSA) is 100 Å². The number of benzene rings is 3. The number of aryl methyl sites for hydroxylation is 1. The van der Waals surface area contributed by atoms with Crippen LogP contribution in [0.1, 0.15) is 62.9 Å². The molecule has 0 radical (unpaired) electrons. The SMILES string of the molecule is CCCCc1nc2ccc([C@@]3(C)C[C@@H]4CCCN4O3)cc2c(=O)n1Cc1ccc(-c2ccccc2-c2nnn[n-]2)cc1. The van der Waals surface area contributed by atoms with Gasteiger partial charge in [0.15, 0.2) is 0 Å². The van der Waals surface area contributed by atoms with Crippen molar-refractivity contribution >= 4 is 10.9 Å². The molecule has 2 aromatic heterocycles. The van der Waals surface area contributed by atoms with Crippen LogP contribution in [0.25, 0.3) is 33.4 Å². The minimum Gasteiger partial charge on any atom is -0.330 e. The van der Waals surface area contributed by atoms with Crippen molar-refractivity contribution < 1.29 is 4.84 Å². The van der Waals surface area contributed by atoms with Gasteiger partial charge in [-0.15, -0.1) is 0 Å². The molecule has 0 spiro atoms. The van der Waals surface area contributed by atoms with Crippen LogP contribution in [-0.4, -0.2) is 42.7 Å². The molecule has 42 heavy (non-hydrogen) atoms.